The van der Waals surface area contributed by atoms with Gasteiger partial charge in [-0.3, -0.25) is 5.32 Å². The molecule has 4 aliphatic rings. The van der Waals surface area contributed by atoms with Crippen molar-refractivity contribution in [3.8, 4) is 0 Å². The van der Waals surface area contributed by atoms with Crippen LogP contribution in [0.5, 0.6) is 0 Å². The summed E-state index contributed by atoms with van der Waals surface area (Å²) in [5.74, 6) is 3.95. The Morgan fingerprint density at radius 1 is 1.08 bits per heavy atom. The Kier molecular flexibility index (Phi) is 7.54. The zero-order valence-corrected chi connectivity index (χ0v) is 23.5. The number of imidazole rings is 1. The molecule has 0 spiro atoms. The van der Waals surface area contributed by atoms with E-state index >= 15 is 0 Å². The molecular weight excluding hydrogens is 496 g/mol. The van der Waals surface area contributed by atoms with Crippen molar-refractivity contribution in [3.63, 3.8) is 0 Å². The maximum Gasteiger partial charge on any atom is 0.427 e. The van der Waals surface area contributed by atoms with Gasteiger partial charge in [-0.25, -0.2) is 14.8 Å². The smallest absolute Gasteiger partial charge is 0.391 e. The van der Waals surface area contributed by atoms with Crippen LogP contribution in [-0.4, -0.2) is 56.0 Å². The molecule has 214 valence electrons. The van der Waals surface area contributed by atoms with Crippen LogP contribution in [-0.2, 0) is 11.4 Å². The van der Waals surface area contributed by atoms with Gasteiger partial charge in [-0.1, -0.05) is 39.0 Å². The van der Waals surface area contributed by atoms with Gasteiger partial charge < -0.3 is 24.7 Å². The van der Waals surface area contributed by atoms with E-state index in [1.807, 2.05) is 0 Å². The molecule has 11 nitrogen and oxygen atoms in total. The number of likely N-dealkylation sites (N-methyl/N-ethyl adjacent to an activating group) is 1. The van der Waals surface area contributed by atoms with Crippen molar-refractivity contribution >= 4 is 29.0 Å². The molecule has 1 amide bonds. The Balaban J connectivity index is 1.44. The fourth-order valence-electron chi connectivity index (χ4n) is 6.85. The van der Waals surface area contributed by atoms with E-state index in [0.717, 1.165) is 55.4 Å². The highest BCUT2D eigenvalue weighted by molar-refractivity contribution is 5.86. The minimum absolute atomic E-state index is 0.0163. The highest BCUT2D eigenvalue weighted by Crippen LogP contribution is 2.37. The number of nitrogens with one attached hydrogen (secondary N) is 3. The zero-order chi connectivity index (χ0) is 27.1. The standard InChI is InChI=1S/C28H44N8O3/c1-16-11-13-18(14-12-16)15-36-22-23(29-17(2)19-7-6-8-19)30-25(26-33-28(38)39-34-26)31-24(22)32-27(36)35(3)20-9-4-5-10-21(20)37/h16-21,26,34,37H,4-15H2,1-3H3,(H,33,38)(H,29,30,31)/t16?,17-,18?,20?,21+,26?/m1/s1. The number of aliphatic hydroxyl groups excluding tert-OH is 1. The van der Waals surface area contributed by atoms with Crippen molar-refractivity contribution in [2.45, 2.75) is 115 Å². The van der Waals surface area contributed by atoms with E-state index in [4.69, 9.17) is 19.8 Å². The number of carbonyl (C=O) groups is 1. The summed E-state index contributed by atoms with van der Waals surface area (Å²) in [7, 11) is 2.06. The van der Waals surface area contributed by atoms with E-state index in [2.05, 4.69) is 46.5 Å². The first-order chi connectivity index (χ1) is 18.9. The molecule has 3 saturated carbocycles. The van der Waals surface area contributed by atoms with Crippen LogP contribution >= 0.6 is 0 Å². The number of aromatic nitrogens is 4. The molecule has 39 heavy (non-hydrogen) atoms. The van der Waals surface area contributed by atoms with Crippen molar-refractivity contribution in [2.75, 3.05) is 17.3 Å². The molecule has 1 saturated heterocycles. The summed E-state index contributed by atoms with van der Waals surface area (Å²) in [4.78, 5) is 33.8. The second-order valence-corrected chi connectivity index (χ2v) is 12.5. The molecule has 2 aromatic rings. The summed E-state index contributed by atoms with van der Waals surface area (Å²) < 4.78 is 2.31. The SMILES string of the molecule is CC1CCC(Cn2c(N(C)C3CCCC[C@@H]3O)nc3nc(C4NOC(=O)N4)nc(N[C@H](C)C4CCC4)c32)CC1. The number of fused-ring (bicyclic) bond motifs is 1. The van der Waals surface area contributed by atoms with E-state index in [1.165, 1.54) is 44.9 Å². The molecule has 11 heteroatoms. The second-order valence-electron chi connectivity index (χ2n) is 12.5. The highest BCUT2D eigenvalue weighted by atomic mass is 16.7. The number of aliphatic hydroxyl groups is 1. The summed E-state index contributed by atoms with van der Waals surface area (Å²) in [5.41, 5.74) is 4.20. The van der Waals surface area contributed by atoms with Gasteiger partial charge in [-0.15, -0.1) is 5.48 Å². The lowest BCUT2D eigenvalue weighted by atomic mass is 9.80. The second kappa shape index (κ2) is 11.1. The topological polar surface area (TPSA) is 129 Å². The van der Waals surface area contributed by atoms with Gasteiger partial charge in [-0.05, 0) is 63.2 Å². The average Bonchev–Trinajstić information content (AvgIpc) is 3.48. The molecule has 3 aliphatic carbocycles. The number of rotatable bonds is 8. The van der Waals surface area contributed by atoms with E-state index in [0.29, 0.717) is 23.3 Å². The average molecular weight is 541 g/mol. The minimum atomic E-state index is -0.646. The Labute approximate surface area is 230 Å². The van der Waals surface area contributed by atoms with E-state index in [1.54, 1.807) is 0 Å². The minimum Gasteiger partial charge on any atom is -0.391 e. The van der Waals surface area contributed by atoms with Crippen LogP contribution in [0.3, 0.4) is 0 Å². The number of hydrogen-bond donors (Lipinski definition) is 4. The van der Waals surface area contributed by atoms with Crippen LogP contribution < -0.4 is 21.0 Å². The van der Waals surface area contributed by atoms with Gasteiger partial charge in [0, 0.05) is 19.6 Å². The summed E-state index contributed by atoms with van der Waals surface area (Å²) >= 11 is 0. The van der Waals surface area contributed by atoms with Gasteiger partial charge in [0.05, 0.1) is 12.1 Å². The Morgan fingerprint density at radius 2 is 1.85 bits per heavy atom. The fourth-order valence-corrected chi connectivity index (χ4v) is 6.85. The van der Waals surface area contributed by atoms with Gasteiger partial charge in [0.25, 0.3) is 0 Å². The number of amides is 1. The first-order valence-electron chi connectivity index (χ1n) is 15.1. The fraction of sp³-hybridized carbons (Fsp3) is 0.786. The van der Waals surface area contributed by atoms with Crippen molar-refractivity contribution in [1.29, 1.82) is 0 Å². The van der Waals surface area contributed by atoms with Crippen LogP contribution in [0.15, 0.2) is 0 Å². The lowest BCUT2D eigenvalue weighted by molar-refractivity contribution is 0.105. The highest BCUT2D eigenvalue weighted by Gasteiger charge is 2.34. The van der Waals surface area contributed by atoms with Gasteiger partial charge >= 0.3 is 6.09 Å². The summed E-state index contributed by atoms with van der Waals surface area (Å²) in [6.45, 7) is 5.43. The van der Waals surface area contributed by atoms with Crippen LogP contribution in [0, 0.1) is 17.8 Å². The summed E-state index contributed by atoms with van der Waals surface area (Å²) in [5, 5.41) is 17.4. The maximum absolute atomic E-state index is 11.8. The van der Waals surface area contributed by atoms with Gasteiger partial charge in [0.2, 0.25) is 5.95 Å². The van der Waals surface area contributed by atoms with Crippen molar-refractivity contribution in [1.82, 2.24) is 30.3 Å². The van der Waals surface area contributed by atoms with Crippen LogP contribution in [0.1, 0.15) is 96.5 Å². The molecular formula is C28H44N8O3. The van der Waals surface area contributed by atoms with Gasteiger partial charge in [-0.2, -0.15) is 4.98 Å². The molecule has 3 heterocycles. The van der Waals surface area contributed by atoms with Crippen molar-refractivity contribution in [3.05, 3.63) is 5.82 Å². The summed E-state index contributed by atoms with van der Waals surface area (Å²) in [6.07, 6.45) is 11.0. The predicted molar refractivity (Wildman–Crippen MR) is 149 cm³/mol. The first-order valence-corrected chi connectivity index (χ1v) is 15.1. The molecule has 1 aliphatic heterocycles. The quantitative estimate of drug-likeness (QED) is 0.388. The third-order valence-corrected chi connectivity index (χ3v) is 9.69. The Morgan fingerprint density at radius 3 is 2.51 bits per heavy atom. The van der Waals surface area contributed by atoms with Crippen LogP contribution in [0.25, 0.3) is 11.2 Å². The monoisotopic (exact) mass is 540 g/mol. The molecule has 4 N–H and O–H groups in total. The number of hydroxylamine groups is 1. The third kappa shape index (κ3) is 5.39. The van der Waals surface area contributed by atoms with Crippen molar-refractivity contribution in [2.24, 2.45) is 17.8 Å². The summed E-state index contributed by atoms with van der Waals surface area (Å²) in [6, 6.07) is 0.273. The van der Waals surface area contributed by atoms with E-state index in [-0.39, 0.29) is 18.2 Å². The molecule has 2 aromatic heterocycles. The lowest BCUT2D eigenvalue weighted by Crippen LogP contribution is -2.44. The third-order valence-electron chi connectivity index (χ3n) is 9.69. The molecule has 2 unspecified atom stereocenters. The predicted octanol–water partition coefficient (Wildman–Crippen LogP) is 4.24. The molecule has 0 bridgehead atoms. The van der Waals surface area contributed by atoms with Crippen LogP contribution in [0.2, 0.25) is 0 Å². The Bertz CT molecular complexity index is 1180. The number of nitrogens with zero attached hydrogens (tertiary/aromatic N) is 5. The number of anilines is 2. The number of hydrogen-bond acceptors (Lipinski definition) is 9. The maximum atomic E-state index is 11.8. The van der Waals surface area contributed by atoms with E-state index < -0.39 is 12.3 Å². The van der Waals surface area contributed by atoms with E-state index in [9.17, 15) is 9.90 Å². The Hall–Kier alpha value is -2.66. The zero-order valence-electron chi connectivity index (χ0n) is 23.5. The largest absolute Gasteiger partial charge is 0.427 e. The molecule has 0 aromatic carbocycles. The van der Waals surface area contributed by atoms with Crippen molar-refractivity contribution < 1.29 is 14.7 Å². The van der Waals surface area contributed by atoms with Gasteiger partial charge in [0.1, 0.15) is 5.52 Å². The molecule has 0 radical (unpaired) electrons. The lowest BCUT2D eigenvalue weighted by Gasteiger charge is -2.36. The molecule has 6 rings (SSSR count). The van der Waals surface area contributed by atoms with Crippen LogP contribution in [0.4, 0.5) is 16.6 Å². The number of carbonyl (C=O) groups excluding carboxylic acids is 1. The first kappa shape index (κ1) is 26.6. The van der Waals surface area contributed by atoms with Gasteiger partial charge in [0.15, 0.2) is 23.5 Å². The molecule has 4 fully saturated rings. The normalized spacial score (nSPS) is 30.5. The molecule has 4 atom stereocenters.